The van der Waals surface area contributed by atoms with Crippen LogP contribution in [0, 0.1) is 5.92 Å². The summed E-state index contributed by atoms with van der Waals surface area (Å²) in [5.41, 5.74) is -0.380. The Hall–Kier alpha value is -2.97. The highest BCUT2D eigenvalue weighted by Gasteiger charge is 2.40. The van der Waals surface area contributed by atoms with Gasteiger partial charge in [-0.2, -0.15) is 0 Å². The normalized spacial score (nSPS) is 21.8. The number of hydrogen-bond donors (Lipinski definition) is 0. The lowest BCUT2D eigenvalue weighted by atomic mass is 9.92. The maximum absolute atomic E-state index is 14.5. The van der Waals surface area contributed by atoms with Crippen molar-refractivity contribution in [2.45, 2.75) is 45.4 Å². The van der Waals surface area contributed by atoms with Crippen LogP contribution in [0.25, 0.3) is 0 Å². The van der Waals surface area contributed by atoms with Crippen molar-refractivity contribution >= 4 is 23.9 Å². The molecule has 1 aromatic rings. The number of imide groups is 1. The number of rotatable bonds is 3. The molecule has 2 unspecified atom stereocenters. The van der Waals surface area contributed by atoms with Gasteiger partial charge in [0.1, 0.15) is 11.8 Å². The highest BCUT2D eigenvalue weighted by molar-refractivity contribution is 6.20. The molecule has 1 saturated heterocycles. The van der Waals surface area contributed by atoms with Crippen molar-refractivity contribution in [2.75, 3.05) is 13.1 Å². The van der Waals surface area contributed by atoms with Crippen LogP contribution >= 0.6 is 0 Å². The average Bonchev–Trinajstić information content (AvgIpc) is 2.87. The summed E-state index contributed by atoms with van der Waals surface area (Å²) in [7, 11) is 0. The molecule has 0 spiro atoms. The zero-order valence-corrected chi connectivity index (χ0v) is 16.5. The molecule has 0 bridgehead atoms. The van der Waals surface area contributed by atoms with Crippen molar-refractivity contribution in [1.29, 1.82) is 0 Å². The van der Waals surface area contributed by atoms with Crippen LogP contribution in [0.1, 0.15) is 54.3 Å². The monoisotopic (exact) mass is 406 g/mol. The Morgan fingerprint density at radius 1 is 1.14 bits per heavy atom. The molecule has 0 saturated carbocycles. The van der Waals surface area contributed by atoms with Crippen molar-refractivity contribution in [1.82, 2.24) is 9.96 Å². The molecule has 3 rings (SSSR count). The molecule has 9 heteroatoms. The Bertz CT molecular complexity index is 815. The summed E-state index contributed by atoms with van der Waals surface area (Å²) in [6.07, 6.45) is -2.13. The third-order valence-corrected chi connectivity index (χ3v) is 4.71. The fourth-order valence-corrected chi connectivity index (χ4v) is 3.28. The van der Waals surface area contributed by atoms with E-state index < -0.39 is 41.6 Å². The van der Waals surface area contributed by atoms with E-state index in [-0.39, 0.29) is 37.1 Å². The second-order valence-corrected chi connectivity index (χ2v) is 8.11. The number of carbonyl (C=O) groups excluding carboxylic acids is 4. The fraction of sp³-hybridized carbons (Fsp3) is 0.500. The number of likely N-dealkylation sites (tertiary alicyclic amines) is 1. The minimum absolute atomic E-state index is 0.152. The van der Waals surface area contributed by atoms with Gasteiger partial charge < -0.3 is 14.5 Å². The van der Waals surface area contributed by atoms with Crippen LogP contribution in [0.5, 0.6) is 0 Å². The Kier molecular flexibility index (Phi) is 5.59. The number of nitrogens with zero attached hydrogens (tertiary/aromatic N) is 2. The molecule has 156 valence electrons. The first kappa shape index (κ1) is 20.8. The van der Waals surface area contributed by atoms with Gasteiger partial charge in [-0.1, -0.05) is 17.2 Å². The summed E-state index contributed by atoms with van der Waals surface area (Å²) >= 11 is 0. The molecule has 29 heavy (non-hydrogen) atoms. The minimum atomic E-state index is -1.45. The number of hydrogen-bond acceptors (Lipinski definition) is 6. The van der Waals surface area contributed by atoms with Gasteiger partial charge in [0.05, 0.1) is 24.1 Å². The number of amides is 3. The fourth-order valence-electron chi connectivity index (χ4n) is 3.28. The molecule has 2 aliphatic heterocycles. The van der Waals surface area contributed by atoms with E-state index in [1.807, 2.05) is 0 Å². The van der Waals surface area contributed by atoms with Crippen LogP contribution in [-0.2, 0) is 14.4 Å². The van der Waals surface area contributed by atoms with Crippen LogP contribution < -0.4 is 0 Å². The van der Waals surface area contributed by atoms with E-state index in [1.165, 1.54) is 17.0 Å². The standard InChI is InChI=1S/C20H23FN2O6/c1-20(2,3)28-19(27)22-9-8-12(15(21)11-22)10-16(24)29-23-17(25)13-6-4-5-7-14(13)18(23)26/h4-7,12,15H,8-11H2,1-3H3. The average molecular weight is 406 g/mol. The van der Waals surface area contributed by atoms with Gasteiger partial charge in [-0.15, -0.1) is 0 Å². The number of fused-ring (bicyclic) bond motifs is 1. The SMILES string of the molecule is CC(C)(C)OC(=O)N1CCC(CC(=O)ON2C(=O)c3ccccc3C2=O)C(F)C1. The van der Waals surface area contributed by atoms with Crippen LogP contribution in [0.3, 0.4) is 0 Å². The highest BCUT2D eigenvalue weighted by Crippen LogP contribution is 2.27. The van der Waals surface area contributed by atoms with Crippen molar-refractivity contribution in [3.63, 3.8) is 0 Å². The lowest BCUT2D eigenvalue weighted by molar-refractivity contribution is -0.170. The minimum Gasteiger partial charge on any atom is -0.444 e. The maximum Gasteiger partial charge on any atom is 0.410 e. The van der Waals surface area contributed by atoms with Crippen LogP contribution in [0.4, 0.5) is 9.18 Å². The zero-order valence-electron chi connectivity index (χ0n) is 16.5. The Morgan fingerprint density at radius 2 is 1.72 bits per heavy atom. The summed E-state index contributed by atoms with van der Waals surface area (Å²) in [5, 5.41) is 0.413. The van der Waals surface area contributed by atoms with Gasteiger partial charge in [-0.05, 0) is 39.3 Å². The van der Waals surface area contributed by atoms with Crippen LogP contribution in [0.15, 0.2) is 24.3 Å². The Morgan fingerprint density at radius 3 is 2.24 bits per heavy atom. The van der Waals surface area contributed by atoms with Crippen molar-refractivity contribution in [3.05, 3.63) is 35.4 Å². The second kappa shape index (κ2) is 7.81. The number of benzene rings is 1. The van der Waals surface area contributed by atoms with E-state index in [0.29, 0.717) is 5.06 Å². The molecule has 0 aromatic heterocycles. The number of ether oxygens (including phenoxy) is 1. The molecule has 3 amide bonds. The van der Waals surface area contributed by atoms with Crippen molar-refractivity contribution < 1.29 is 33.1 Å². The number of piperidine rings is 1. The van der Waals surface area contributed by atoms with Gasteiger partial charge in [0.15, 0.2) is 0 Å². The van der Waals surface area contributed by atoms with Crippen molar-refractivity contribution in [3.8, 4) is 0 Å². The zero-order chi connectivity index (χ0) is 21.3. The maximum atomic E-state index is 14.5. The summed E-state index contributed by atoms with van der Waals surface area (Å²) in [4.78, 5) is 54.9. The summed E-state index contributed by atoms with van der Waals surface area (Å²) in [6.45, 7) is 5.21. The predicted octanol–water partition coefficient (Wildman–Crippen LogP) is 2.73. The van der Waals surface area contributed by atoms with E-state index in [0.717, 1.165) is 0 Å². The Labute approximate surface area is 167 Å². The van der Waals surface area contributed by atoms with Crippen molar-refractivity contribution in [2.24, 2.45) is 5.92 Å². The van der Waals surface area contributed by atoms with E-state index >= 15 is 0 Å². The van der Waals surface area contributed by atoms with E-state index in [1.54, 1.807) is 32.9 Å². The van der Waals surface area contributed by atoms with Gasteiger partial charge in [0, 0.05) is 12.5 Å². The molecule has 8 nitrogen and oxygen atoms in total. The molecule has 2 aliphatic rings. The second-order valence-electron chi connectivity index (χ2n) is 8.11. The molecule has 2 heterocycles. The van der Waals surface area contributed by atoms with Crippen LogP contribution in [0.2, 0.25) is 0 Å². The first-order valence-electron chi connectivity index (χ1n) is 9.37. The number of alkyl halides is 1. The van der Waals surface area contributed by atoms with Gasteiger partial charge in [0.2, 0.25) is 0 Å². The quantitative estimate of drug-likeness (QED) is 0.717. The lowest BCUT2D eigenvalue weighted by Gasteiger charge is -2.35. The molecule has 2 atom stereocenters. The third kappa shape index (κ3) is 4.55. The van der Waals surface area contributed by atoms with Gasteiger partial charge in [-0.3, -0.25) is 9.59 Å². The van der Waals surface area contributed by atoms with Gasteiger partial charge in [0.25, 0.3) is 11.8 Å². The largest absolute Gasteiger partial charge is 0.444 e. The molecule has 0 radical (unpaired) electrons. The smallest absolute Gasteiger partial charge is 0.410 e. The van der Waals surface area contributed by atoms with E-state index in [2.05, 4.69) is 0 Å². The molecular weight excluding hydrogens is 383 g/mol. The molecule has 1 fully saturated rings. The summed E-state index contributed by atoms with van der Waals surface area (Å²) in [6, 6.07) is 6.13. The van der Waals surface area contributed by atoms with E-state index in [9.17, 15) is 23.6 Å². The molecule has 0 N–H and O–H groups in total. The number of carbonyl (C=O) groups is 4. The van der Waals surface area contributed by atoms with Crippen LogP contribution in [-0.4, -0.2) is 58.7 Å². The summed E-state index contributed by atoms with van der Waals surface area (Å²) in [5.74, 6) is -3.01. The first-order valence-corrected chi connectivity index (χ1v) is 9.37. The van der Waals surface area contributed by atoms with Gasteiger partial charge in [-0.25, -0.2) is 14.0 Å². The third-order valence-electron chi connectivity index (χ3n) is 4.71. The lowest BCUT2D eigenvalue weighted by Crippen LogP contribution is -2.47. The predicted molar refractivity (Wildman–Crippen MR) is 98.5 cm³/mol. The molecule has 1 aromatic carbocycles. The Balaban J connectivity index is 1.54. The summed E-state index contributed by atoms with van der Waals surface area (Å²) < 4.78 is 19.8. The van der Waals surface area contributed by atoms with Gasteiger partial charge >= 0.3 is 12.1 Å². The number of hydroxylamine groups is 2. The molecule has 0 aliphatic carbocycles. The number of halogens is 1. The first-order chi connectivity index (χ1) is 13.6. The highest BCUT2D eigenvalue weighted by atomic mass is 19.1. The van der Waals surface area contributed by atoms with E-state index in [4.69, 9.17) is 9.57 Å². The molecular formula is C20H23FN2O6. The topological polar surface area (TPSA) is 93.2 Å².